The average molecular weight is 380 g/mol. The highest BCUT2D eigenvalue weighted by Gasteiger charge is 2.20. The van der Waals surface area contributed by atoms with E-state index in [0.29, 0.717) is 11.8 Å². The van der Waals surface area contributed by atoms with E-state index >= 15 is 0 Å². The summed E-state index contributed by atoms with van der Waals surface area (Å²) < 4.78 is 0. The Balaban J connectivity index is 3.27. The molecule has 0 bridgehead atoms. The van der Waals surface area contributed by atoms with Gasteiger partial charge in [0.1, 0.15) is 0 Å². The molecule has 0 saturated carbocycles. The number of nitrogen functional groups attached to an aromatic ring is 1. The molecule has 0 aliphatic rings. The van der Waals surface area contributed by atoms with Gasteiger partial charge in [0.15, 0.2) is 0 Å². The summed E-state index contributed by atoms with van der Waals surface area (Å²) in [7, 11) is 0. The van der Waals surface area contributed by atoms with Gasteiger partial charge < -0.3 is 5.73 Å². The van der Waals surface area contributed by atoms with E-state index in [1.165, 1.54) is 23.1 Å². The largest absolute Gasteiger partial charge is 0.399 e. The minimum Gasteiger partial charge on any atom is -0.399 e. The average Bonchev–Trinajstić information content (AvgIpc) is 2.60. The zero-order valence-corrected chi connectivity index (χ0v) is 19.4. The van der Waals surface area contributed by atoms with Gasteiger partial charge in [0.05, 0.1) is 0 Å². The fourth-order valence-corrected chi connectivity index (χ4v) is 3.32. The third-order valence-electron chi connectivity index (χ3n) is 5.31. The van der Waals surface area contributed by atoms with Crippen LogP contribution in [0, 0.1) is 23.2 Å². The number of benzene rings is 1. The van der Waals surface area contributed by atoms with Gasteiger partial charge in [0, 0.05) is 17.7 Å². The van der Waals surface area contributed by atoms with Crippen molar-refractivity contribution in [1.82, 2.24) is 0 Å². The van der Waals surface area contributed by atoms with E-state index in [9.17, 15) is 0 Å². The van der Waals surface area contributed by atoms with Crippen LogP contribution in [-0.2, 0) is 0 Å². The van der Waals surface area contributed by atoms with Gasteiger partial charge >= 0.3 is 0 Å². The van der Waals surface area contributed by atoms with Crippen LogP contribution in [0.4, 0.5) is 5.69 Å². The lowest BCUT2D eigenvalue weighted by molar-refractivity contribution is 0.499. The van der Waals surface area contributed by atoms with Crippen LogP contribution in [0.1, 0.15) is 98.1 Å². The molecule has 2 atom stereocenters. The van der Waals surface area contributed by atoms with Crippen LogP contribution in [0.15, 0.2) is 41.5 Å². The highest BCUT2D eigenvalue weighted by Crippen LogP contribution is 2.34. The molecule has 1 heteroatoms. The van der Waals surface area contributed by atoms with E-state index < -0.39 is 0 Å². The van der Waals surface area contributed by atoms with E-state index in [-0.39, 0.29) is 5.41 Å². The molecule has 1 aromatic carbocycles. The summed E-state index contributed by atoms with van der Waals surface area (Å²) in [6, 6.07) is 6.19. The van der Waals surface area contributed by atoms with Crippen molar-refractivity contribution in [1.29, 1.82) is 0 Å². The van der Waals surface area contributed by atoms with Gasteiger partial charge in [-0.15, -0.1) is 0 Å². The molecular formula is C27H41N. The Morgan fingerprint density at radius 1 is 1.14 bits per heavy atom. The van der Waals surface area contributed by atoms with Gasteiger partial charge in [-0.1, -0.05) is 90.5 Å². The first kappa shape index (κ1) is 24.1. The second-order valence-corrected chi connectivity index (χ2v) is 9.16. The highest BCUT2D eigenvalue weighted by atomic mass is 14.5. The van der Waals surface area contributed by atoms with Gasteiger partial charge in [0.25, 0.3) is 0 Å². The Bertz CT molecular complexity index is 747. The first-order chi connectivity index (χ1) is 13.1. The molecule has 1 aromatic rings. The SMILES string of the molecule is CCCC#Cc1cc(N)ccc1C(C)C(C)/C=C(\C=C(/C)CCC)C(C)(C)C. The summed E-state index contributed by atoms with van der Waals surface area (Å²) in [6.45, 7) is 18.2. The summed E-state index contributed by atoms with van der Waals surface area (Å²) in [4.78, 5) is 0. The van der Waals surface area contributed by atoms with Crippen molar-refractivity contribution in [2.24, 2.45) is 11.3 Å². The predicted molar refractivity (Wildman–Crippen MR) is 126 cm³/mol. The lowest BCUT2D eigenvalue weighted by Crippen LogP contribution is -2.13. The quantitative estimate of drug-likeness (QED) is 0.291. The lowest BCUT2D eigenvalue weighted by Gasteiger charge is -2.26. The molecule has 28 heavy (non-hydrogen) atoms. The van der Waals surface area contributed by atoms with Gasteiger partial charge in [-0.25, -0.2) is 0 Å². The number of hydrogen-bond donors (Lipinski definition) is 1. The van der Waals surface area contributed by atoms with Crippen LogP contribution in [-0.4, -0.2) is 0 Å². The number of hydrogen-bond acceptors (Lipinski definition) is 1. The van der Waals surface area contributed by atoms with Crippen LogP contribution in [0.5, 0.6) is 0 Å². The fraction of sp³-hybridized carbons (Fsp3) is 0.556. The Kier molecular flexibility index (Phi) is 9.60. The molecular weight excluding hydrogens is 338 g/mol. The third kappa shape index (κ3) is 7.59. The predicted octanol–water partition coefficient (Wildman–Crippen LogP) is 7.88. The van der Waals surface area contributed by atoms with Crippen molar-refractivity contribution in [2.45, 2.75) is 87.0 Å². The number of unbranched alkanes of at least 4 members (excludes halogenated alkanes) is 1. The van der Waals surface area contributed by atoms with E-state index in [1.807, 2.05) is 12.1 Å². The van der Waals surface area contributed by atoms with Gasteiger partial charge in [0.2, 0.25) is 0 Å². The fourth-order valence-electron chi connectivity index (χ4n) is 3.32. The molecule has 2 unspecified atom stereocenters. The molecule has 154 valence electrons. The van der Waals surface area contributed by atoms with E-state index in [0.717, 1.165) is 30.5 Å². The van der Waals surface area contributed by atoms with E-state index in [4.69, 9.17) is 5.73 Å². The van der Waals surface area contributed by atoms with Gasteiger partial charge in [-0.05, 0) is 60.3 Å². The summed E-state index contributed by atoms with van der Waals surface area (Å²) in [5.41, 5.74) is 12.2. The molecule has 0 saturated heterocycles. The lowest BCUT2D eigenvalue weighted by atomic mass is 9.79. The summed E-state index contributed by atoms with van der Waals surface area (Å²) in [6.07, 6.45) is 9.22. The summed E-state index contributed by atoms with van der Waals surface area (Å²) >= 11 is 0. The molecule has 2 N–H and O–H groups in total. The number of allylic oxidation sites excluding steroid dienone is 4. The van der Waals surface area contributed by atoms with Crippen molar-refractivity contribution in [3.8, 4) is 11.8 Å². The zero-order chi connectivity index (χ0) is 21.3. The second kappa shape index (κ2) is 11.2. The van der Waals surface area contributed by atoms with Crippen LogP contribution in [0.3, 0.4) is 0 Å². The Hall–Kier alpha value is -1.94. The molecule has 1 rings (SSSR count). The third-order valence-corrected chi connectivity index (χ3v) is 5.31. The first-order valence-corrected chi connectivity index (χ1v) is 10.9. The molecule has 0 fully saturated rings. The minimum atomic E-state index is 0.133. The van der Waals surface area contributed by atoms with Crippen molar-refractivity contribution in [3.63, 3.8) is 0 Å². The van der Waals surface area contributed by atoms with Gasteiger partial charge in [-0.2, -0.15) is 0 Å². The first-order valence-electron chi connectivity index (χ1n) is 10.9. The van der Waals surface area contributed by atoms with Crippen molar-refractivity contribution in [2.75, 3.05) is 5.73 Å². The molecule has 0 amide bonds. The van der Waals surface area contributed by atoms with Crippen molar-refractivity contribution < 1.29 is 0 Å². The normalized spacial score (nSPS) is 15.0. The molecule has 0 aliphatic carbocycles. The van der Waals surface area contributed by atoms with Gasteiger partial charge in [-0.3, -0.25) is 0 Å². The number of nitrogens with two attached hydrogens (primary N) is 1. The molecule has 0 radical (unpaired) electrons. The Morgan fingerprint density at radius 2 is 1.82 bits per heavy atom. The highest BCUT2D eigenvalue weighted by molar-refractivity contribution is 5.53. The summed E-state index contributed by atoms with van der Waals surface area (Å²) in [5.74, 6) is 7.44. The maximum Gasteiger partial charge on any atom is 0.0326 e. The molecule has 0 aromatic heterocycles. The van der Waals surface area contributed by atoms with Crippen molar-refractivity contribution in [3.05, 3.63) is 52.6 Å². The topological polar surface area (TPSA) is 26.0 Å². The molecule has 0 spiro atoms. The second-order valence-electron chi connectivity index (χ2n) is 9.16. The summed E-state index contributed by atoms with van der Waals surface area (Å²) in [5, 5.41) is 0. The minimum absolute atomic E-state index is 0.133. The Labute approximate surface area is 174 Å². The molecule has 1 nitrogen and oxygen atoms in total. The van der Waals surface area contributed by atoms with Crippen molar-refractivity contribution >= 4 is 5.69 Å². The molecule has 0 heterocycles. The number of anilines is 1. The maximum atomic E-state index is 6.04. The monoisotopic (exact) mass is 379 g/mol. The maximum absolute atomic E-state index is 6.04. The van der Waals surface area contributed by atoms with Crippen LogP contribution >= 0.6 is 0 Å². The van der Waals surface area contributed by atoms with Crippen LogP contribution in [0.25, 0.3) is 0 Å². The zero-order valence-electron chi connectivity index (χ0n) is 19.4. The molecule has 0 aliphatic heterocycles. The number of rotatable bonds is 7. The Morgan fingerprint density at radius 3 is 2.39 bits per heavy atom. The standard InChI is InChI=1S/C27H41N/c1-9-11-12-14-23-19-25(28)15-16-26(23)22(5)21(4)18-24(27(6,7)8)17-20(3)13-10-2/h15-19,21-22H,9-11,13,28H2,1-8H3/b20-17+,24-18+. The van der Waals surface area contributed by atoms with Crippen LogP contribution < -0.4 is 5.73 Å². The van der Waals surface area contributed by atoms with Crippen LogP contribution in [0.2, 0.25) is 0 Å². The van der Waals surface area contributed by atoms with E-state index in [2.05, 4.69) is 85.4 Å². The van der Waals surface area contributed by atoms with E-state index in [1.54, 1.807) is 0 Å². The smallest absolute Gasteiger partial charge is 0.0326 e.